The molecule has 0 spiro atoms. The second-order valence-electron chi connectivity index (χ2n) is 14.7. The van der Waals surface area contributed by atoms with Crippen LogP contribution < -0.4 is 56.2 Å². The van der Waals surface area contributed by atoms with Crippen molar-refractivity contribution in [3.8, 4) is 11.5 Å². The second-order valence-corrected chi connectivity index (χ2v) is 17.1. The molecule has 6 N–H and O–H groups in total. The predicted molar refractivity (Wildman–Crippen MR) is 197 cm³/mol. The smallest absolute Gasteiger partial charge is 0.546 e. The van der Waals surface area contributed by atoms with Crippen LogP contribution >= 0.6 is 23.1 Å². The minimum atomic E-state index is -1.92. The van der Waals surface area contributed by atoms with E-state index in [4.69, 9.17) is 10.6 Å². The minimum absolute atomic E-state index is 0. The number of nitrogen functional groups attached to an aromatic ring is 1. The molecular weight excluding hydrogens is 796 g/mol. The Morgan fingerprint density at radius 1 is 1.14 bits per heavy atom. The summed E-state index contributed by atoms with van der Waals surface area (Å²) in [6.45, 7) is 6.33. The van der Waals surface area contributed by atoms with Crippen LogP contribution in [-0.4, -0.2) is 131 Å². The van der Waals surface area contributed by atoms with E-state index in [1.165, 1.54) is 43.3 Å². The number of piperidine rings is 1. The van der Waals surface area contributed by atoms with E-state index in [-0.39, 0.29) is 81.7 Å². The summed E-state index contributed by atoms with van der Waals surface area (Å²) in [6.07, 6.45) is 2.46. The van der Waals surface area contributed by atoms with Gasteiger partial charge in [-0.3, -0.25) is 24.1 Å². The molecule has 0 radical (unpaired) electrons. The van der Waals surface area contributed by atoms with Gasteiger partial charge in [-0.05, 0) is 26.8 Å². The van der Waals surface area contributed by atoms with Crippen LogP contribution in [0.2, 0.25) is 0 Å². The Hall–Kier alpha value is -4.67. The SMILES string of the molecule is C[C@@H]1S[C@@H]2[C@H](NC(=O)/C(=N\OC(C)(C)C(=O)[O-])c3csc(N)n3)C(=O)N2C(C(=O)[O-])=C1C[N+]12CCC(CC1)N(C(=O)c1c[nH]c3cc(O)c(O)cc3c1=O)CC2.[Na+]. The monoisotopic (exact) mass is 832 g/mol. The van der Waals surface area contributed by atoms with Crippen LogP contribution in [0.3, 0.4) is 0 Å². The third kappa shape index (κ3) is 7.58. The number of carbonyl (C=O) groups excluding carboxylic acids is 5. The van der Waals surface area contributed by atoms with Gasteiger partial charge >= 0.3 is 29.6 Å². The zero-order chi connectivity index (χ0) is 40.4. The molecule has 3 atom stereocenters. The van der Waals surface area contributed by atoms with E-state index < -0.39 is 74.6 Å². The summed E-state index contributed by atoms with van der Waals surface area (Å²) in [5.41, 5.74) is 3.08. The molecule has 4 saturated heterocycles. The minimum Gasteiger partial charge on any atom is -0.546 e. The van der Waals surface area contributed by atoms with Gasteiger partial charge in [-0.25, -0.2) is 4.98 Å². The van der Waals surface area contributed by atoms with Crippen molar-refractivity contribution < 1.29 is 83.3 Å². The fraction of sp³-hybridized carbons (Fsp3) is 0.429. The Morgan fingerprint density at radius 2 is 1.82 bits per heavy atom. The average molecular weight is 833 g/mol. The van der Waals surface area contributed by atoms with Gasteiger partial charge < -0.3 is 60.3 Å². The maximum absolute atomic E-state index is 13.9. The third-order valence-corrected chi connectivity index (χ3v) is 13.0. The van der Waals surface area contributed by atoms with Gasteiger partial charge in [0.05, 0.1) is 54.7 Å². The summed E-state index contributed by atoms with van der Waals surface area (Å²) in [4.78, 5) is 93.4. The number of nitrogens with one attached hydrogen (secondary N) is 2. The van der Waals surface area contributed by atoms with Gasteiger partial charge in [-0.1, -0.05) is 5.16 Å². The fourth-order valence-corrected chi connectivity index (χ4v) is 9.61. The van der Waals surface area contributed by atoms with Crippen molar-refractivity contribution in [2.75, 3.05) is 38.5 Å². The Labute approximate surface area is 354 Å². The molecule has 2 bridgehead atoms. The molecule has 7 heterocycles. The summed E-state index contributed by atoms with van der Waals surface area (Å²) >= 11 is 2.27. The van der Waals surface area contributed by atoms with E-state index >= 15 is 0 Å². The standard InChI is InChI=1S/C35H38N8O11S2.Na/c1-15-19(13-43-7-4-16(5-8-43)41(6-9-43)29(48)18-12-37-20-11-23(45)22(44)10-17(20)27(18)46)26(32(50)51)42-30(49)25(31(42)56-15)39-28(47)24(21-14-55-34(36)38-21)40-54-35(2,3)33(52)53;/h10-12,14-16,25,31H,4-9,13H2,1-3H3,(H7-,36,37,38,39,40,44,45,46,47,48,50,51,52,53);/q;+1/p-1/t15-,16?,25+,31+,43?;/m0./s1. The molecule has 3 amide bonds. The summed E-state index contributed by atoms with van der Waals surface area (Å²) in [7, 11) is 0. The van der Waals surface area contributed by atoms with Gasteiger partial charge in [-0.15, -0.1) is 23.1 Å². The van der Waals surface area contributed by atoms with Crippen molar-refractivity contribution in [1.29, 1.82) is 0 Å². The number of thioether (sulfide) groups is 1. The number of carbonyl (C=O) groups is 5. The number of phenolic OH excluding ortho intramolecular Hbond substituents is 2. The van der Waals surface area contributed by atoms with Crippen LogP contribution in [0.25, 0.3) is 10.9 Å². The van der Waals surface area contributed by atoms with Crippen LogP contribution in [-0.2, 0) is 24.0 Å². The Bertz CT molecular complexity index is 2320. The molecule has 57 heavy (non-hydrogen) atoms. The first kappa shape index (κ1) is 41.9. The van der Waals surface area contributed by atoms with E-state index in [0.29, 0.717) is 42.5 Å². The average Bonchev–Trinajstić information content (AvgIpc) is 3.39. The first-order valence-electron chi connectivity index (χ1n) is 17.6. The van der Waals surface area contributed by atoms with Crippen LogP contribution in [0.5, 0.6) is 11.5 Å². The predicted octanol–water partition coefficient (Wildman–Crippen LogP) is -4.84. The van der Waals surface area contributed by atoms with Crippen molar-refractivity contribution in [2.45, 2.75) is 61.9 Å². The van der Waals surface area contributed by atoms with Crippen molar-refractivity contribution in [3.05, 3.63) is 56.5 Å². The Kier molecular flexibility index (Phi) is 11.5. The number of anilines is 1. The van der Waals surface area contributed by atoms with Crippen LogP contribution in [0.15, 0.2) is 44.9 Å². The number of phenols is 2. The van der Waals surface area contributed by atoms with Gasteiger partial charge in [0, 0.05) is 47.3 Å². The third-order valence-electron chi connectivity index (χ3n) is 10.8. The number of hydrogen-bond donors (Lipinski definition) is 5. The van der Waals surface area contributed by atoms with E-state index in [9.17, 15) is 49.2 Å². The number of aliphatic carboxylic acids is 2. The number of nitrogens with two attached hydrogens (primary N) is 1. The van der Waals surface area contributed by atoms with Crippen molar-refractivity contribution >= 4 is 74.5 Å². The van der Waals surface area contributed by atoms with E-state index in [1.54, 1.807) is 4.90 Å². The number of pyridine rings is 1. The van der Waals surface area contributed by atoms with Gasteiger partial charge in [0.25, 0.3) is 17.7 Å². The number of aromatic hydroxyl groups is 2. The first-order chi connectivity index (χ1) is 26.4. The number of thiazole rings is 1. The van der Waals surface area contributed by atoms with Crippen LogP contribution in [0.1, 0.15) is 49.7 Å². The van der Waals surface area contributed by atoms with E-state index in [1.807, 2.05) is 6.92 Å². The molecule has 296 valence electrons. The molecule has 2 aromatic heterocycles. The van der Waals surface area contributed by atoms with E-state index in [2.05, 4.69) is 20.4 Å². The van der Waals surface area contributed by atoms with Crippen LogP contribution in [0, 0.1) is 0 Å². The first-order valence-corrected chi connectivity index (χ1v) is 19.4. The molecule has 3 aromatic rings. The number of H-pyrrole nitrogens is 1. The number of oxime groups is 1. The molecular formula is C35H37N8NaO11S2. The number of carboxylic acid groups (broad SMARTS) is 2. The number of β-lactam (4-membered cyclic amide) rings is 1. The molecule has 22 heteroatoms. The zero-order valence-electron chi connectivity index (χ0n) is 31.3. The number of rotatable bonds is 10. The Morgan fingerprint density at radius 3 is 2.46 bits per heavy atom. The Balaban J connectivity index is 0.00000549. The molecule has 0 saturated carbocycles. The van der Waals surface area contributed by atoms with Crippen molar-refractivity contribution in [2.24, 2.45) is 5.16 Å². The molecule has 19 nitrogen and oxygen atoms in total. The number of quaternary nitrogens is 1. The number of carboxylic acids is 2. The summed E-state index contributed by atoms with van der Waals surface area (Å²) in [6, 6.07) is 0.951. The van der Waals surface area contributed by atoms with Gasteiger partial charge in [-0.2, -0.15) is 0 Å². The topological polar surface area (TPSA) is 284 Å². The molecule has 5 aliphatic rings. The van der Waals surface area contributed by atoms with E-state index in [0.717, 1.165) is 22.3 Å². The number of nitrogens with zero attached hydrogens (tertiary/aromatic N) is 5. The normalized spacial score (nSPS) is 24.6. The summed E-state index contributed by atoms with van der Waals surface area (Å²) in [5.74, 6) is -6.18. The number of benzene rings is 1. The van der Waals surface area contributed by atoms with Crippen LogP contribution in [0.4, 0.5) is 5.13 Å². The zero-order valence-corrected chi connectivity index (χ0v) is 34.9. The second kappa shape index (κ2) is 15.6. The maximum atomic E-state index is 13.9. The number of fused-ring (bicyclic) bond motifs is 6. The number of aromatic amines is 1. The fourth-order valence-electron chi connectivity index (χ4n) is 7.62. The van der Waals surface area contributed by atoms with Gasteiger partial charge in [0.2, 0.25) is 5.43 Å². The van der Waals surface area contributed by atoms with Gasteiger partial charge in [0.1, 0.15) is 29.2 Å². The maximum Gasteiger partial charge on any atom is 1.00 e. The van der Waals surface area contributed by atoms with Crippen molar-refractivity contribution in [3.63, 3.8) is 0 Å². The molecule has 1 aromatic carbocycles. The molecule has 5 aliphatic heterocycles. The summed E-state index contributed by atoms with van der Waals surface area (Å²) < 4.78 is 0.435. The van der Waals surface area contributed by atoms with Crippen molar-refractivity contribution in [1.82, 2.24) is 25.1 Å². The molecule has 0 aliphatic carbocycles. The van der Waals surface area contributed by atoms with Gasteiger partial charge in [0.15, 0.2) is 27.9 Å². The summed E-state index contributed by atoms with van der Waals surface area (Å²) in [5, 5.41) is 50.6. The largest absolute Gasteiger partial charge is 1.00 e. The quantitative estimate of drug-likeness (QED) is 0.0320. The molecule has 8 rings (SSSR count). The number of aromatic nitrogens is 2. The molecule has 0 unspecified atom stereocenters. The number of amides is 3. The molecule has 4 fully saturated rings. The number of hydrogen-bond acceptors (Lipinski definition) is 16.